The number of thioether (sulfide) groups is 1. The lowest BCUT2D eigenvalue weighted by molar-refractivity contribution is 0.186. The number of hydrogen-bond acceptors (Lipinski definition) is 3. The van der Waals surface area contributed by atoms with Crippen molar-refractivity contribution in [3.63, 3.8) is 0 Å². The van der Waals surface area contributed by atoms with Gasteiger partial charge in [-0.25, -0.2) is 0 Å². The average molecular weight is 234 g/mol. The molecule has 0 fully saturated rings. The normalized spacial score (nSPS) is 12.7. The van der Waals surface area contributed by atoms with Crippen molar-refractivity contribution < 1.29 is 9.52 Å². The Kier molecular flexibility index (Phi) is 3.36. The van der Waals surface area contributed by atoms with Gasteiger partial charge in [-0.05, 0) is 31.4 Å². The average Bonchev–Trinajstić information content (AvgIpc) is 2.81. The van der Waals surface area contributed by atoms with Gasteiger partial charge in [-0.15, -0.1) is 11.8 Å². The maximum Gasteiger partial charge on any atom is 0.138 e. The van der Waals surface area contributed by atoms with E-state index in [0.717, 1.165) is 16.0 Å². The minimum absolute atomic E-state index is 0.584. The molecule has 0 aliphatic rings. The molecule has 0 aliphatic heterocycles. The molecule has 1 aromatic carbocycles. The fourth-order valence-electron chi connectivity index (χ4n) is 1.67. The zero-order valence-electron chi connectivity index (χ0n) is 9.31. The summed E-state index contributed by atoms with van der Waals surface area (Å²) in [5.74, 6) is 0.584. The van der Waals surface area contributed by atoms with E-state index in [4.69, 9.17) is 4.42 Å². The molecule has 0 bridgehead atoms. The molecule has 84 valence electrons. The maximum atomic E-state index is 10.2. The standard InChI is InChI=1S/C13H14O2S/c1-9-5-6-12(16-2)10(8-9)13(14)11-4-3-7-15-11/h3-8,13-14H,1-2H3. The van der Waals surface area contributed by atoms with Crippen LogP contribution in [0.15, 0.2) is 45.9 Å². The first-order valence-corrected chi connectivity index (χ1v) is 6.31. The molecule has 0 radical (unpaired) electrons. The van der Waals surface area contributed by atoms with Gasteiger partial charge in [-0.2, -0.15) is 0 Å². The SMILES string of the molecule is CSc1ccc(C)cc1C(O)c1ccco1. The van der Waals surface area contributed by atoms with E-state index in [1.807, 2.05) is 31.4 Å². The molecule has 2 nitrogen and oxygen atoms in total. The minimum atomic E-state index is -0.683. The summed E-state index contributed by atoms with van der Waals surface area (Å²) in [4.78, 5) is 1.08. The van der Waals surface area contributed by atoms with E-state index in [1.54, 1.807) is 30.2 Å². The molecule has 16 heavy (non-hydrogen) atoms. The Balaban J connectivity index is 2.42. The van der Waals surface area contributed by atoms with Crippen molar-refractivity contribution in [2.75, 3.05) is 6.26 Å². The zero-order chi connectivity index (χ0) is 11.5. The fourth-order valence-corrected chi connectivity index (χ4v) is 2.28. The summed E-state index contributed by atoms with van der Waals surface area (Å²) >= 11 is 1.63. The maximum absolute atomic E-state index is 10.2. The van der Waals surface area contributed by atoms with Crippen molar-refractivity contribution in [3.05, 3.63) is 53.5 Å². The molecule has 0 amide bonds. The minimum Gasteiger partial charge on any atom is -0.466 e. The van der Waals surface area contributed by atoms with Crippen LogP contribution in [0, 0.1) is 6.92 Å². The van der Waals surface area contributed by atoms with Crippen molar-refractivity contribution in [1.82, 2.24) is 0 Å². The molecular formula is C13H14O2S. The number of furan rings is 1. The third-order valence-corrected chi connectivity index (χ3v) is 3.30. The molecule has 1 aromatic heterocycles. The lowest BCUT2D eigenvalue weighted by Gasteiger charge is -2.13. The Labute approximate surface area is 99.3 Å². The lowest BCUT2D eigenvalue weighted by atomic mass is 10.0. The second kappa shape index (κ2) is 4.76. The number of aliphatic hydroxyl groups is 1. The van der Waals surface area contributed by atoms with Crippen LogP contribution in [0.5, 0.6) is 0 Å². The largest absolute Gasteiger partial charge is 0.466 e. The lowest BCUT2D eigenvalue weighted by Crippen LogP contribution is -2.00. The van der Waals surface area contributed by atoms with Crippen LogP contribution in [0.2, 0.25) is 0 Å². The third kappa shape index (κ3) is 2.15. The van der Waals surface area contributed by atoms with Crippen molar-refractivity contribution in [3.8, 4) is 0 Å². The summed E-state index contributed by atoms with van der Waals surface area (Å²) in [5.41, 5.74) is 2.04. The van der Waals surface area contributed by atoms with Crippen LogP contribution < -0.4 is 0 Å². The number of aryl methyl sites for hydroxylation is 1. The zero-order valence-corrected chi connectivity index (χ0v) is 10.1. The van der Waals surface area contributed by atoms with Crippen LogP contribution in [0.1, 0.15) is 23.0 Å². The third-order valence-electron chi connectivity index (χ3n) is 2.49. The van der Waals surface area contributed by atoms with Crippen LogP contribution in [0.4, 0.5) is 0 Å². The first-order valence-electron chi connectivity index (χ1n) is 5.08. The summed E-state index contributed by atoms with van der Waals surface area (Å²) < 4.78 is 5.23. The van der Waals surface area contributed by atoms with Crippen molar-refractivity contribution in [2.45, 2.75) is 17.9 Å². The van der Waals surface area contributed by atoms with E-state index in [2.05, 4.69) is 0 Å². The van der Waals surface area contributed by atoms with Crippen molar-refractivity contribution >= 4 is 11.8 Å². The highest BCUT2D eigenvalue weighted by Crippen LogP contribution is 2.31. The van der Waals surface area contributed by atoms with Gasteiger partial charge in [-0.1, -0.05) is 17.7 Å². The first kappa shape index (κ1) is 11.3. The first-order chi connectivity index (χ1) is 7.72. The summed E-state index contributed by atoms with van der Waals surface area (Å²) in [6.07, 6.45) is 2.90. The van der Waals surface area contributed by atoms with Crippen LogP contribution in [0.25, 0.3) is 0 Å². The van der Waals surface area contributed by atoms with E-state index in [-0.39, 0.29) is 0 Å². The highest BCUT2D eigenvalue weighted by Gasteiger charge is 2.16. The second-order valence-corrected chi connectivity index (χ2v) is 4.51. The Hall–Kier alpha value is -1.19. The predicted molar refractivity (Wildman–Crippen MR) is 65.7 cm³/mol. The molecule has 1 heterocycles. The number of rotatable bonds is 3. The quantitative estimate of drug-likeness (QED) is 0.826. The highest BCUT2D eigenvalue weighted by atomic mass is 32.2. The molecule has 1 N–H and O–H groups in total. The molecule has 0 aliphatic carbocycles. The van der Waals surface area contributed by atoms with E-state index in [9.17, 15) is 5.11 Å². The Bertz CT molecular complexity index is 463. The fraction of sp³-hybridized carbons (Fsp3) is 0.231. The smallest absolute Gasteiger partial charge is 0.138 e. The van der Waals surface area contributed by atoms with Crippen molar-refractivity contribution in [2.24, 2.45) is 0 Å². The summed E-state index contributed by atoms with van der Waals surface area (Å²) in [6, 6.07) is 9.65. The van der Waals surface area contributed by atoms with Gasteiger partial charge in [0.2, 0.25) is 0 Å². The number of hydrogen-bond donors (Lipinski definition) is 1. The molecule has 0 saturated heterocycles. The van der Waals surface area contributed by atoms with Gasteiger partial charge in [0.05, 0.1) is 6.26 Å². The van der Waals surface area contributed by atoms with Crippen LogP contribution in [-0.2, 0) is 0 Å². The van der Waals surface area contributed by atoms with Crippen LogP contribution in [0.3, 0.4) is 0 Å². The number of aliphatic hydroxyl groups excluding tert-OH is 1. The monoisotopic (exact) mass is 234 g/mol. The predicted octanol–water partition coefficient (Wildman–Crippen LogP) is 3.39. The summed E-state index contributed by atoms with van der Waals surface area (Å²) in [6.45, 7) is 2.02. The molecule has 1 unspecified atom stereocenters. The Morgan fingerprint density at radius 2 is 2.12 bits per heavy atom. The van der Waals surface area contributed by atoms with E-state index in [1.165, 1.54) is 0 Å². The molecular weight excluding hydrogens is 220 g/mol. The molecule has 0 saturated carbocycles. The second-order valence-electron chi connectivity index (χ2n) is 3.66. The summed E-state index contributed by atoms with van der Waals surface area (Å²) in [5, 5.41) is 10.2. The van der Waals surface area contributed by atoms with Gasteiger partial charge < -0.3 is 9.52 Å². The molecule has 3 heteroatoms. The van der Waals surface area contributed by atoms with Gasteiger partial charge in [0.15, 0.2) is 0 Å². The van der Waals surface area contributed by atoms with Gasteiger partial charge in [0.1, 0.15) is 11.9 Å². The van der Waals surface area contributed by atoms with Gasteiger partial charge in [0, 0.05) is 10.5 Å². The van der Waals surface area contributed by atoms with E-state index in [0.29, 0.717) is 5.76 Å². The molecule has 2 aromatic rings. The van der Waals surface area contributed by atoms with Gasteiger partial charge in [0.25, 0.3) is 0 Å². The topological polar surface area (TPSA) is 33.4 Å². The van der Waals surface area contributed by atoms with E-state index >= 15 is 0 Å². The number of benzene rings is 1. The van der Waals surface area contributed by atoms with Crippen LogP contribution in [-0.4, -0.2) is 11.4 Å². The Morgan fingerprint density at radius 1 is 1.31 bits per heavy atom. The van der Waals surface area contributed by atoms with Gasteiger partial charge in [-0.3, -0.25) is 0 Å². The molecule has 1 atom stereocenters. The van der Waals surface area contributed by atoms with Gasteiger partial charge >= 0.3 is 0 Å². The molecule has 2 rings (SSSR count). The summed E-state index contributed by atoms with van der Waals surface area (Å²) in [7, 11) is 0. The van der Waals surface area contributed by atoms with Crippen molar-refractivity contribution in [1.29, 1.82) is 0 Å². The van der Waals surface area contributed by atoms with Crippen LogP contribution >= 0.6 is 11.8 Å². The van der Waals surface area contributed by atoms with E-state index < -0.39 is 6.10 Å². The Morgan fingerprint density at radius 3 is 2.75 bits per heavy atom. The molecule has 0 spiro atoms. The highest BCUT2D eigenvalue weighted by molar-refractivity contribution is 7.98.